The highest BCUT2D eigenvalue weighted by Crippen LogP contribution is 2.36. The molecule has 0 aliphatic carbocycles. The summed E-state index contributed by atoms with van der Waals surface area (Å²) in [7, 11) is 0. The van der Waals surface area contributed by atoms with Crippen LogP contribution in [0.1, 0.15) is 58.2 Å². The lowest BCUT2D eigenvalue weighted by molar-refractivity contribution is 0.515. The van der Waals surface area contributed by atoms with E-state index in [1.807, 2.05) is 13.0 Å². The quantitative estimate of drug-likeness (QED) is 0.595. The second kappa shape index (κ2) is 3.87. The third-order valence-electron chi connectivity index (χ3n) is 2.96. The van der Waals surface area contributed by atoms with Crippen molar-refractivity contribution in [1.82, 2.24) is 0 Å². The van der Waals surface area contributed by atoms with Gasteiger partial charge in [-0.25, -0.2) is 4.39 Å². The van der Waals surface area contributed by atoms with Gasteiger partial charge >= 0.3 is 0 Å². The molecular formula is C15H23F. The van der Waals surface area contributed by atoms with Crippen molar-refractivity contribution in [3.63, 3.8) is 0 Å². The first kappa shape index (κ1) is 13.2. The zero-order chi connectivity index (χ0) is 12.7. The van der Waals surface area contributed by atoms with Crippen LogP contribution >= 0.6 is 0 Å². The maximum atomic E-state index is 13.7. The molecule has 0 saturated heterocycles. The summed E-state index contributed by atoms with van der Waals surface area (Å²) in [5.74, 6) is -0.0991. The summed E-state index contributed by atoms with van der Waals surface area (Å²) in [6, 6.07) is 3.52. The van der Waals surface area contributed by atoms with E-state index < -0.39 is 0 Å². The van der Waals surface area contributed by atoms with Crippen LogP contribution in [0.25, 0.3) is 0 Å². The highest BCUT2D eigenvalue weighted by Gasteiger charge is 2.27. The molecular weight excluding hydrogens is 199 g/mol. The van der Waals surface area contributed by atoms with Crippen LogP contribution in [0.3, 0.4) is 0 Å². The maximum absolute atomic E-state index is 13.7. The Hall–Kier alpha value is -0.850. The fourth-order valence-electron chi connectivity index (χ4n) is 2.28. The molecule has 1 rings (SSSR count). The van der Waals surface area contributed by atoms with E-state index in [4.69, 9.17) is 0 Å². The lowest BCUT2D eigenvalue weighted by Crippen LogP contribution is -2.23. The molecule has 1 aromatic rings. The fourth-order valence-corrected chi connectivity index (χ4v) is 2.28. The molecule has 0 aromatic heterocycles. The molecule has 1 aromatic carbocycles. The average Bonchev–Trinajstić information content (AvgIpc) is 2.05. The molecule has 0 fully saturated rings. The average molecular weight is 222 g/mol. The Labute approximate surface area is 98.9 Å². The SMILES string of the molecule is Cc1c(F)ccc(C(C)(C)C)c1C(C)(C)C. The largest absolute Gasteiger partial charge is 0.207 e. The minimum atomic E-state index is -0.0991. The number of halogens is 1. The van der Waals surface area contributed by atoms with Crippen LogP contribution in [-0.2, 0) is 10.8 Å². The summed E-state index contributed by atoms with van der Waals surface area (Å²) in [5.41, 5.74) is 3.23. The predicted octanol–water partition coefficient (Wildman–Crippen LogP) is 4.73. The molecule has 0 unspecified atom stereocenters. The first-order chi connectivity index (χ1) is 7.05. The van der Waals surface area contributed by atoms with Gasteiger partial charge in [0.2, 0.25) is 0 Å². The second-order valence-electron chi connectivity index (χ2n) is 6.59. The molecule has 16 heavy (non-hydrogen) atoms. The minimum absolute atomic E-state index is 0.0191. The van der Waals surface area contributed by atoms with Gasteiger partial charge in [0.15, 0.2) is 0 Å². The second-order valence-corrected chi connectivity index (χ2v) is 6.59. The van der Waals surface area contributed by atoms with E-state index in [0.29, 0.717) is 0 Å². The van der Waals surface area contributed by atoms with E-state index in [0.717, 1.165) is 11.1 Å². The van der Waals surface area contributed by atoms with E-state index in [2.05, 4.69) is 41.5 Å². The third kappa shape index (κ3) is 2.45. The van der Waals surface area contributed by atoms with Crippen LogP contribution in [0.4, 0.5) is 4.39 Å². The molecule has 0 N–H and O–H groups in total. The molecule has 0 aliphatic heterocycles. The van der Waals surface area contributed by atoms with Crippen LogP contribution in [0.5, 0.6) is 0 Å². The van der Waals surface area contributed by atoms with E-state index >= 15 is 0 Å². The minimum Gasteiger partial charge on any atom is -0.207 e. The van der Waals surface area contributed by atoms with Gasteiger partial charge in [0.25, 0.3) is 0 Å². The summed E-state index contributed by atoms with van der Waals surface area (Å²) < 4.78 is 13.7. The van der Waals surface area contributed by atoms with Crippen molar-refractivity contribution in [1.29, 1.82) is 0 Å². The van der Waals surface area contributed by atoms with Crippen molar-refractivity contribution >= 4 is 0 Å². The Kier molecular flexibility index (Phi) is 3.20. The lowest BCUT2D eigenvalue weighted by Gasteiger charge is -2.31. The van der Waals surface area contributed by atoms with E-state index in [1.165, 1.54) is 5.56 Å². The van der Waals surface area contributed by atoms with E-state index in [-0.39, 0.29) is 16.6 Å². The number of hydrogen-bond donors (Lipinski definition) is 0. The van der Waals surface area contributed by atoms with Crippen molar-refractivity contribution in [3.8, 4) is 0 Å². The van der Waals surface area contributed by atoms with Gasteiger partial charge in [-0.3, -0.25) is 0 Å². The topological polar surface area (TPSA) is 0 Å². The highest BCUT2D eigenvalue weighted by molar-refractivity contribution is 5.43. The zero-order valence-electron chi connectivity index (χ0n) is 11.5. The Balaban J connectivity index is 3.59. The summed E-state index contributed by atoms with van der Waals surface area (Å²) in [6.45, 7) is 14.8. The Morgan fingerprint density at radius 2 is 1.38 bits per heavy atom. The Morgan fingerprint density at radius 1 is 0.875 bits per heavy atom. The highest BCUT2D eigenvalue weighted by atomic mass is 19.1. The van der Waals surface area contributed by atoms with Crippen LogP contribution in [-0.4, -0.2) is 0 Å². The molecule has 0 nitrogen and oxygen atoms in total. The van der Waals surface area contributed by atoms with E-state index in [1.54, 1.807) is 6.07 Å². The third-order valence-corrected chi connectivity index (χ3v) is 2.96. The van der Waals surface area contributed by atoms with Crippen molar-refractivity contribution < 1.29 is 4.39 Å². The predicted molar refractivity (Wildman–Crippen MR) is 68.5 cm³/mol. The van der Waals surface area contributed by atoms with Gasteiger partial charge in [-0.05, 0) is 40.5 Å². The first-order valence-corrected chi connectivity index (χ1v) is 5.85. The van der Waals surface area contributed by atoms with Crippen molar-refractivity contribution in [2.45, 2.75) is 59.3 Å². The van der Waals surface area contributed by atoms with Gasteiger partial charge < -0.3 is 0 Å². The molecule has 1 heteroatoms. The maximum Gasteiger partial charge on any atom is 0.126 e. The molecule has 0 heterocycles. The van der Waals surface area contributed by atoms with Crippen molar-refractivity contribution in [2.24, 2.45) is 0 Å². The zero-order valence-corrected chi connectivity index (χ0v) is 11.5. The van der Waals surface area contributed by atoms with Gasteiger partial charge in [-0.15, -0.1) is 0 Å². The molecule has 0 atom stereocenters. The Morgan fingerprint density at radius 3 is 1.75 bits per heavy atom. The summed E-state index contributed by atoms with van der Waals surface area (Å²) >= 11 is 0. The van der Waals surface area contributed by atoms with Crippen LogP contribution in [0.2, 0.25) is 0 Å². The van der Waals surface area contributed by atoms with E-state index in [9.17, 15) is 4.39 Å². The fraction of sp³-hybridized carbons (Fsp3) is 0.600. The molecule has 0 radical (unpaired) electrons. The summed E-state index contributed by atoms with van der Waals surface area (Å²) in [5, 5.41) is 0. The van der Waals surface area contributed by atoms with Crippen LogP contribution in [0.15, 0.2) is 12.1 Å². The van der Waals surface area contributed by atoms with Crippen LogP contribution in [0, 0.1) is 12.7 Å². The van der Waals surface area contributed by atoms with Gasteiger partial charge in [0.05, 0.1) is 0 Å². The normalized spacial score (nSPS) is 13.0. The molecule has 0 spiro atoms. The monoisotopic (exact) mass is 222 g/mol. The standard InChI is InChI=1S/C15H23F/c1-10-12(16)9-8-11(14(2,3)4)13(10)15(5,6)7/h8-9H,1-7H3. The lowest BCUT2D eigenvalue weighted by atomic mass is 9.73. The molecule has 0 amide bonds. The van der Waals surface area contributed by atoms with Crippen molar-refractivity contribution in [3.05, 3.63) is 34.6 Å². The number of benzene rings is 1. The summed E-state index contributed by atoms with van der Waals surface area (Å²) in [4.78, 5) is 0. The van der Waals surface area contributed by atoms with Gasteiger partial charge in [0.1, 0.15) is 5.82 Å². The smallest absolute Gasteiger partial charge is 0.126 e. The van der Waals surface area contributed by atoms with Crippen molar-refractivity contribution in [2.75, 3.05) is 0 Å². The molecule has 0 aliphatic rings. The molecule has 0 saturated carbocycles. The number of rotatable bonds is 0. The Bertz CT molecular complexity index is 389. The van der Waals surface area contributed by atoms with Crippen LogP contribution < -0.4 is 0 Å². The van der Waals surface area contributed by atoms with Gasteiger partial charge in [0, 0.05) is 0 Å². The number of hydrogen-bond acceptors (Lipinski definition) is 0. The molecule has 0 bridgehead atoms. The van der Waals surface area contributed by atoms with Gasteiger partial charge in [-0.1, -0.05) is 47.6 Å². The molecule has 90 valence electrons. The van der Waals surface area contributed by atoms with Gasteiger partial charge in [-0.2, -0.15) is 0 Å². The first-order valence-electron chi connectivity index (χ1n) is 5.85. The summed E-state index contributed by atoms with van der Waals surface area (Å²) in [6.07, 6.45) is 0.